The Morgan fingerprint density at radius 3 is 2.68 bits per heavy atom. The van der Waals surface area contributed by atoms with Crippen LogP contribution in [0.5, 0.6) is 0 Å². The van der Waals surface area contributed by atoms with Gasteiger partial charge in [-0.25, -0.2) is 9.78 Å². The fraction of sp³-hybridized carbons (Fsp3) is 0.125. The lowest BCUT2D eigenvalue weighted by Gasteiger charge is -2.04. The number of aromatic carboxylic acids is 1. The highest BCUT2D eigenvalue weighted by Crippen LogP contribution is 2.34. The summed E-state index contributed by atoms with van der Waals surface area (Å²) in [5.74, 6) is -0.995. The third-order valence-corrected chi connectivity index (χ3v) is 3.58. The zero-order valence-corrected chi connectivity index (χ0v) is 12.1. The third kappa shape index (κ3) is 2.05. The maximum absolute atomic E-state index is 11.3. The number of pyridine rings is 1. The number of hydrogen-bond donors (Lipinski definition) is 1. The Labute approximate surface area is 126 Å². The van der Waals surface area contributed by atoms with Crippen molar-refractivity contribution < 1.29 is 9.90 Å². The van der Waals surface area contributed by atoms with Crippen LogP contribution in [0.3, 0.4) is 0 Å². The number of imidazole rings is 1. The molecule has 110 valence electrons. The summed E-state index contributed by atoms with van der Waals surface area (Å²) in [6.45, 7) is 3.89. The lowest BCUT2D eigenvalue weighted by atomic mass is 10.0. The van der Waals surface area contributed by atoms with Gasteiger partial charge in [0, 0.05) is 11.8 Å². The van der Waals surface area contributed by atoms with Crippen molar-refractivity contribution in [3.8, 4) is 11.3 Å². The molecule has 3 rings (SSSR count). The third-order valence-electron chi connectivity index (χ3n) is 3.58. The molecule has 0 radical (unpaired) electrons. The van der Waals surface area contributed by atoms with Gasteiger partial charge in [0.05, 0.1) is 0 Å². The van der Waals surface area contributed by atoms with E-state index >= 15 is 0 Å². The molecule has 0 unspecified atom stereocenters. The Kier molecular flexibility index (Phi) is 3.21. The zero-order valence-electron chi connectivity index (χ0n) is 12.1. The first-order chi connectivity index (χ1) is 10.5. The second kappa shape index (κ2) is 5.07. The second-order valence-electron chi connectivity index (χ2n) is 5.11. The molecule has 0 bridgehead atoms. The van der Waals surface area contributed by atoms with Gasteiger partial charge in [0.1, 0.15) is 11.3 Å². The number of carbonyl (C=O) groups is 1. The predicted octanol–water partition coefficient (Wildman–Crippen LogP) is 3.71. The topological polar surface area (TPSA) is 84.0 Å². The van der Waals surface area contributed by atoms with Gasteiger partial charge in [0.25, 0.3) is 0 Å². The minimum Gasteiger partial charge on any atom is -0.478 e. The van der Waals surface area contributed by atoms with Crippen LogP contribution < -0.4 is 0 Å². The molecule has 0 aliphatic heterocycles. The highest BCUT2D eigenvalue weighted by molar-refractivity contribution is 5.95. The number of aromatic nitrogens is 2. The number of carboxylic acids is 1. The molecule has 0 fully saturated rings. The summed E-state index contributed by atoms with van der Waals surface area (Å²) in [6.07, 6.45) is 1.58. The van der Waals surface area contributed by atoms with Gasteiger partial charge in [0.15, 0.2) is 5.65 Å². The van der Waals surface area contributed by atoms with Crippen molar-refractivity contribution in [3.05, 3.63) is 58.1 Å². The minimum absolute atomic E-state index is 0.0309. The number of rotatable bonds is 3. The van der Waals surface area contributed by atoms with E-state index in [1.807, 2.05) is 32.0 Å². The van der Waals surface area contributed by atoms with Crippen LogP contribution in [0.4, 0.5) is 5.82 Å². The summed E-state index contributed by atoms with van der Waals surface area (Å²) in [5.41, 5.74) is 3.44. The first kappa shape index (κ1) is 13.9. The Morgan fingerprint density at radius 2 is 2.05 bits per heavy atom. The molecule has 2 heterocycles. The van der Waals surface area contributed by atoms with Gasteiger partial charge in [-0.3, -0.25) is 4.40 Å². The van der Waals surface area contributed by atoms with E-state index in [9.17, 15) is 14.8 Å². The largest absolute Gasteiger partial charge is 0.478 e. The summed E-state index contributed by atoms with van der Waals surface area (Å²) < 4.78 is 1.41. The number of benzene rings is 1. The van der Waals surface area contributed by atoms with Crippen molar-refractivity contribution in [1.29, 1.82) is 0 Å². The van der Waals surface area contributed by atoms with Gasteiger partial charge >= 0.3 is 5.97 Å². The lowest BCUT2D eigenvalue weighted by molar-refractivity contribution is 0.0698. The zero-order chi connectivity index (χ0) is 15.9. The Morgan fingerprint density at radius 1 is 1.27 bits per heavy atom. The Hall–Kier alpha value is -3.02. The van der Waals surface area contributed by atoms with Gasteiger partial charge in [-0.15, -0.1) is 4.91 Å². The molecule has 22 heavy (non-hydrogen) atoms. The number of fused-ring (bicyclic) bond motifs is 1. The van der Waals surface area contributed by atoms with Gasteiger partial charge in [-0.1, -0.05) is 23.8 Å². The number of nitrogens with zero attached hydrogens (tertiary/aromatic N) is 3. The summed E-state index contributed by atoms with van der Waals surface area (Å²) in [4.78, 5) is 26.9. The average molecular weight is 295 g/mol. The van der Waals surface area contributed by atoms with Crippen LogP contribution in [-0.4, -0.2) is 20.5 Å². The lowest BCUT2D eigenvalue weighted by Crippen LogP contribution is -1.99. The molecule has 3 aromatic rings. The molecule has 0 saturated heterocycles. The smallest absolute Gasteiger partial charge is 0.339 e. The first-order valence-electron chi connectivity index (χ1n) is 6.68. The van der Waals surface area contributed by atoms with E-state index in [1.54, 1.807) is 12.3 Å². The molecule has 0 spiro atoms. The summed E-state index contributed by atoms with van der Waals surface area (Å²) in [7, 11) is 0. The highest BCUT2D eigenvalue weighted by atomic mass is 16.4. The molecular formula is C16H13N3O3. The SMILES string of the molecule is Cc1ccc(-c2nc3c(C(=O)O)cccn3c2N=O)c(C)c1. The van der Waals surface area contributed by atoms with E-state index in [2.05, 4.69) is 10.2 Å². The van der Waals surface area contributed by atoms with Gasteiger partial charge in [0.2, 0.25) is 5.82 Å². The van der Waals surface area contributed by atoms with Crippen LogP contribution in [0.1, 0.15) is 21.5 Å². The molecule has 2 aromatic heterocycles. The summed E-state index contributed by atoms with van der Waals surface area (Å²) in [5, 5.41) is 12.3. The van der Waals surface area contributed by atoms with Crippen LogP contribution in [0, 0.1) is 18.8 Å². The standard InChI is InChI=1S/C16H13N3O3/c1-9-5-6-11(10(2)8-9)13-15(18-22)19-7-3-4-12(16(20)21)14(19)17-13/h3-8H,1-2H3,(H,20,21). The van der Waals surface area contributed by atoms with Crippen molar-refractivity contribution in [3.63, 3.8) is 0 Å². The molecule has 1 aromatic carbocycles. The van der Waals surface area contributed by atoms with Crippen LogP contribution >= 0.6 is 0 Å². The summed E-state index contributed by atoms with van der Waals surface area (Å²) in [6, 6.07) is 8.76. The number of hydrogen-bond acceptors (Lipinski definition) is 4. The fourth-order valence-electron chi connectivity index (χ4n) is 2.57. The van der Waals surface area contributed by atoms with E-state index in [0.717, 1.165) is 16.7 Å². The molecule has 1 N–H and O–H groups in total. The molecule has 0 atom stereocenters. The number of nitroso groups, excluding NO2 is 1. The molecule has 0 aliphatic rings. The molecular weight excluding hydrogens is 282 g/mol. The Balaban J connectivity index is 2.37. The summed E-state index contributed by atoms with van der Waals surface area (Å²) >= 11 is 0. The highest BCUT2D eigenvalue weighted by Gasteiger charge is 2.20. The molecule has 0 aliphatic carbocycles. The molecule has 6 nitrogen and oxygen atoms in total. The molecule has 0 amide bonds. The van der Waals surface area contributed by atoms with Crippen molar-refractivity contribution in [2.45, 2.75) is 13.8 Å². The second-order valence-corrected chi connectivity index (χ2v) is 5.11. The minimum atomic E-state index is -1.10. The van der Waals surface area contributed by atoms with E-state index < -0.39 is 5.97 Å². The van der Waals surface area contributed by atoms with Gasteiger partial charge < -0.3 is 5.11 Å². The van der Waals surface area contributed by atoms with Crippen molar-refractivity contribution in [2.24, 2.45) is 5.18 Å². The monoisotopic (exact) mass is 295 g/mol. The van der Waals surface area contributed by atoms with Gasteiger partial charge in [-0.2, -0.15) is 0 Å². The van der Waals surface area contributed by atoms with Crippen LogP contribution in [0.25, 0.3) is 16.9 Å². The van der Waals surface area contributed by atoms with Crippen LogP contribution in [0.2, 0.25) is 0 Å². The average Bonchev–Trinajstić information content (AvgIpc) is 2.84. The van der Waals surface area contributed by atoms with E-state index in [-0.39, 0.29) is 17.0 Å². The van der Waals surface area contributed by atoms with E-state index in [4.69, 9.17) is 0 Å². The van der Waals surface area contributed by atoms with E-state index in [0.29, 0.717) is 5.69 Å². The van der Waals surface area contributed by atoms with E-state index in [1.165, 1.54) is 10.5 Å². The fourth-order valence-corrected chi connectivity index (χ4v) is 2.57. The van der Waals surface area contributed by atoms with Crippen molar-refractivity contribution in [1.82, 2.24) is 9.38 Å². The maximum Gasteiger partial charge on any atom is 0.339 e. The Bertz CT molecular complexity index is 912. The van der Waals surface area contributed by atoms with Gasteiger partial charge in [-0.05, 0) is 36.7 Å². The van der Waals surface area contributed by atoms with Crippen molar-refractivity contribution >= 4 is 17.4 Å². The number of aryl methyl sites for hydroxylation is 2. The number of carboxylic acid groups (broad SMARTS) is 1. The molecule has 6 heteroatoms. The van der Waals surface area contributed by atoms with Crippen LogP contribution in [-0.2, 0) is 0 Å². The predicted molar refractivity (Wildman–Crippen MR) is 82.5 cm³/mol. The molecule has 0 saturated carbocycles. The van der Waals surface area contributed by atoms with Crippen LogP contribution in [0.15, 0.2) is 41.7 Å². The maximum atomic E-state index is 11.3. The normalized spacial score (nSPS) is 10.8. The van der Waals surface area contributed by atoms with Crippen molar-refractivity contribution in [2.75, 3.05) is 0 Å². The first-order valence-corrected chi connectivity index (χ1v) is 6.68. The quantitative estimate of drug-likeness (QED) is 0.746.